The minimum atomic E-state index is -0.594. The standard InChI is InChI=1S/C26H24N4O4/c1-28-22(15-23(31)29(2)26(28)33)18-34-24(32)14-13-21-17-30(16-19-9-5-3-6-10-19)27-25(21)20-11-7-4-8-12-20/h3-15,17H,16,18H2,1-2H3/b14-13+. The van der Waals surface area contributed by atoms with Gasteiger partial charge in [-0.2, -0.15) is 5.10 Å². The van der Waals surface area contributed by atoms with Crippen molar-refractivity contribution >= 4 is 12.0 Å². The van der Waals surface area contributed by atoms with Gasteiger partial charge < -0.3 is 4.74 Å². The normalized spacial score (nSPS) is 11.1. The van der Waals surface area contributed by atoms with Gasteiger partial charge in [-0.05, 0) is 11.6 Å². The van der Waals surface area contributed by atoms with Crippen LogP contribution in [0.5, 0.6) is 0 Å². The van der Waals surface area contributed by atoms with Gasteiger partial charge in [-0.15, -0.1) is 0 Å². The fourth-order valence-corrected chi connectivity index (χ4v) is 3.50. The number of aromatic nitrogens is 4. The highest BCUT2D eigenvalue weighted by Gasteiger charge is 2.11. The Labute approximate surface area is 196 Å². The lowest BCUT2D eigenvalue weighted by Gasteiger charge is -2.09. The van der Waals surface area contributed by atoms with Crippen LogP contribution in [0, 0.1) is 0 Å². The Morgan fingerprint density at radius 1 is 0.971 bits per heavy atom. The summed E-state index contributed by atoms with van der Waals surface area (Å²) in [5, 5.41) is 4.72. The number of carbonyl (C=O) groups excluding carboxylic acids is 1. The molecule has 0 amide bonds. The van der Waals surface area contributed by atoms with Crippen molar-refractivity contribution in [3.63, 3.8) is 0 Å². The van der Waals surface area contributed by atoms with E-state index in [1.807, 2.05) is 71.5 Å². The summed E-state index contributed by atoms with van der Waals surface area (Å²) in [4.78, 5) is 36.3. The van der Waals surface area contributed by atoms with E-state index in [0.29, 0.717) is 12.2 Å². The highest BCUT2D eigenvalue weighted by molar-refractivity contribution is 5.88. The predicted molar refractivity (Wildman–Crippen MR) is 129 cm³/mol. The first-order valence-corrected chi connectivity index (χ1v) is 10.7. The minimum absolute atomic E-state index is 0.191. The molecule has 0 atom stereocenters. The molecule has 0 spiro atoms. The zero-order valence-electron chi connectivity index (χ0n) is 18.9. The summed E-state index contributed by atoms with van der Waals surface area (Å²) in [7, 11) is 2.92. The van der Waals surface area contributed by atoms with Gasteiger partial charge >= 0.3 is 11.7 Å². The van der Waals surface area contributed by atoms with E-state index in [1.165, 1.54) is 30.8 Å². The van der Waals surface area contributed by atoms with Crippen LogP contribution in [0.2, 0.25) is 0 Å². The van der Waals surface area contributed by atoms with E-state index < -0.39 is 17.2 Å². The highest BCUT2D eigenvalue weighted by atomic mass is 16.5. The summed E-state index contributed by atoms with van der Waals surface area (Å²) in [5.74, 6) is -0.594. The first kappa shape index (κ1) is 22.7. The lowest BCUT2D eigenvalue weighted by Crippen LogP contribution is -2.38. The lowest BCUT2D eigenvalue weighted by atomic mass is 10.1. The number of esters is 1. The van der Waals surface area contributed by atoms with Crippen LogP contribution in [0.4, 0.5) is 0 Å². The van der Waals surface area contributed by atoms with Crippen molar-refractivity contribution in [2.75, 3.05) is 0 Å². The molecule has 8 nitrogen and oxygen atoms in total. The van der Waals surface area contributed by atoms with Gasteiger partial charge in [0.1, 0.15) is 6.61 Å². The third kappa shape index (κ3) is 5.12. The van der Waals surface area contributed by atoms with Crippen LogP contribution >= 0.6 is 0 Å². The van der Waals surface area contributed by atoms with Crippen LogP contribution in [0.3, 0.4) is 0 Å². The van der Waals surface area contributed by atoms with Gasteiger partial charge in [0.15, 0.2) is 0 Å². The van der Waals surface area contributed by atoms with Crippen molar-refractivity contribution in [2.45, 2.75) is 13.2 Å². The molecule has 0 aliphatic heterocycles. The summed E-state index contributed by atoms with van der Waals surface area (Å²) >= 11 is 0. The Bertz CT molecular complexity index is 1450. The Kier molecular flexibility index (Phi) is 6.68. The molecule has 0 aliphatic carbocycles. The molecule has 4 rings (SSSR count). The quantitative estimate of drug-likeness (QED) is 0.315. The number of ether oxygens (including phenoxy) is 1. The molecule has 0 N–H and O–H groups in total. The van der Waals surface area contributed by atoms with E-state index >= 15 is 0 Å². The number of hydrogen-bond acceptors (Lipinski definition) is 5. The van der Waals surface area contributed by atoms with Crippen LogP contribution in [-0.4, -0.2) is 24.9 Å². The molecule has 0 bridgehead atoms. The largest absolute Gasteiger partial charge is 0.456 e. The second kappa shape index (κ2) is 9.99. The van der Waals surface area contributed by atoms with Crippen molar-refractivity contribution in [1.82, 2.24) is 18.9 Å². The Hall–Kier alpha value is -4.46. The molecular weight excluding hydrogens is 432 g/mol. The molecule has 0 saturated carbocycles. The predicted octanol–water partition coefficient (Wildman–Crippen LogP) is 2.75. The highest BCUT2D eigenvalue weighted by Crippen LogP contribution is 2.23. The molecule has 0 unspecified atom stereocenters. The molecule has 0 fully saturated rings. The average Bonchev–Trinajstić information content (AvgIpc) is 3.26. The summed E-state index contributed by atoms with van der Waals surface area (Å²) in [5.41, 5.74) is 2.93. The van der Waals surface area contributed by atoms with Gasteiger partial charge in [0.05, 0.1) is 17.9 Å². The van der Waals surface area contributed by atoms with E-state index in [0.717, 1.165) is 27.0 Å². The van der Waals surface area contributed by atoms with Crippen molar-refractivity contribution in [3.8, 4) is 11.3 Å². The number of rotatable bonds is 7. The summed E-state index contributed by atoms with van der Waals surface area (Å²) in [6.07, 6.45) is 4.85. The average molecular weight is 457 g/mol. The van der Waals surface area contributed by atoms with E-state index in [4.69, 9.17) is 9.84 Å². The van der Waals surface area contributed by atoms with Gasteiger partial charge in [0.2, 0.25) is 0 Å². The van der Waals surface area contributed by atoms with Gasteiger partial charge in [0.25, 0.3) is 5.56 Å². The molecular formula is C26H24N4O4. The molecule has 4 aromatic rings. The maximum absolute atomic E-state index is 12.4. The molecule has 8 heteroatoms. The number of hydrogen-bond donors (Lipinski definition) is 0. The van der Waals surface area contributed by atoms with Crippen LogP contribution < -0.4 is 11.2 Å². The van der Waals surface area contributed by atoms with Crippen LogP contribution in [-0.2, 0) is 36.8 Å². The summed E-state index contributed by atoms with van der Waals surface area (Å²) in [6, 6.07) is 21.0. The molecule has 2 aromatic carbocycles. The maximum atomic E-state index is 12.4. The van der Waals surface area contributed by atoms with E-state index in [-0.39, 0.29) is 6.61 Å². The molecule has 34 heavy (non-hydrogen) atoms. The van der Waals surface area contributed by atoms with E-state index in [9.17, 15) is 14.4 Å². The molecule has 2 heterocycles. The number of nitrogens with zero attached hydrogens (tertiary/aromatic N) is 4. The van der Waals surface area contributed by atoms with Crippen molar-refractivity contribution in [1.29, 1.82) is 0 Å². The Morgan fingerprint density at radius 2 is 1.65 bits per heavy atom. The topological polar surface area (TPSA) is 88.1 Å². The third-order valence-electron chi connectivity index (χ3n) is 5.41. The first-order valence-electron chi connectivity index (χ1n) is 10.7. The Morgan fingerprint density at radius 3 is 2.35 bits per heavy atom. The zero-order chi connectivity index (χ0) is 24.1. The van der Waals surface area contributed by atoms with Crippen LogP contribution in [0.1, 0.15) is 16.8 Å². The van der Waals surface area contributed by atoms with Crippen molar-refractivity contribution in [2.24, 2.45) is 14.1 Å². The fraction of sp³-hybridized carbons (Fsp3) is 0.154. The van der Waals surface area contributed by atoms with Crippen LogP contribution in [0.25, 0.3) is 17.3 Å². The minimum Gasteiger partial charge on any atom is -0.456 e. The van der Waals surface area contributed by atoms with Gasteiger partial charge in [0, 0.05) is 43.6 Å². The smallest absolute Gasteiger partial charge is 0.331 e. The fourth-order valence-electron chi connectivity index (χ4n) is 3.50. The lowest BCUT2D eigenvalue weighted by molar-refractivity contribution is -0.139. The monoisotopic (exact) mass is 456 g/mol. The SMILES string of the molecule is Cn1c(COC(=O)/C=C/c2cn(Cc3ccccc3)nc2-c2ccccc2)cc(=O)n(C)c1=O. The summed E-state index contributed by atoms with van der Waals surface area (Å²) in [6.45, 7) is 0.403. The summed E-state index contributed by atoms with van der Waals surface area (Å²) < 4.78 is 9.37. The van der Waals surface area contributed by atoms with Gasteiger partial charge in [-0.3, -0.25) is 18.6 Å². The van der Waals surface area contributed by atoms with Gasteiger partial charge in [-0.25, -0.2) is 9.59 Å². The maximum Gasteiger partial charge on any atom is 0.331 e. The van der Waals surface area contributed by atoms with E-state index in [2.05, 4.69) is 0 Å². The third-order valence-corrected chi connectivity index (χ3v) is 5.41. The zero-order valence-corrected chi connectivity index (χ0v) is 18.9. The molecule has 0 radical (unpaired) electrons. The molecule has 172 valence electrons. The van der Waals surface area contributed by atoms with Crippen molar-refractivity contribution in [3.05, 3.63) is 117 Å². The van der Waals surface area contributed by atoms with Gasteiger partial charge in [-0.1, -0.05) is 60.7 Å². The number of carbonyl (C=O) groups is 1. The Balaban J connectivity index is 1.54. The van der Waals surface area contributed by atoms with Crippen LogP contribution in [0.15, 0.2) is 88.6 Å². The van der Waals surface area contributed by atoms with E-state index in [1.54, 1.807) is 6.08 Å². The molecule has 0 aliphatic rings. The second-order valence-corrected chi connectivity index (χ2v) is 7.80. The molecule has 0 saturated heterocycles. The first-order chi connectivity index (χ1) is 16.4. The second-order valence-electron chi connectivity index (χ2n) is 7.80. The van der Waals surface area contributed by atoms with Crippen molar-refractivity contribution < 1.29 is 9.53 Å². The molecule has 2 aromatic heterocycles. The number of benzene rings is 2.